The molecule has 8 nitrogen and oxygen atoms in total. The molecular weight excluding hydrogens is 340 g/mol. The molecule has 0 aliphatic carbocycles. The SMILES string of the molecule is CCn1cnc2c(N3CC4CN(c5cccc(C#N)n5)CC4C3)ncnc21. The van der Waals surface area contributed by atoms with Gasteiger partial charge in [-0.05, 0) is 19.1 Å². The lowest BCUT2D eigenvalue weighted by molar-refractivity contribution is 0.533. The molecule has 0 spiro atoms. The van der Waals surface area contributed by atoms with E-state index in [1.807, 2.05) is 23.0 Å². The summed E-state index contributed by atoms with van der Waals surface area (Å²) in [5, 5.41) is 9.08. The summed E-state index contributed by atoms with van der Waals surface area (Å²) in [6.07, 6.45) is 3.48. The minimum atomic E-state index is 0.473. The van der Waals surface area contributed by atoms with Crippen LogP contribution >= 0.6 is 0 Å². The lowest BCUT2D eigenvalue weighted by Gasteiger charge is -2.23. The Hall–Kier alpha value is -3.21. The number of anilines is 2. The quantitative estimate of drug-likeness (QED) is 0.702. The Kier molecular flexibility index (Phi) is 3.67. The summed E-state index contributed by atoms with van der Waals surface area (Å²) in [5.74, 6) is 2.98. The van der Waals surface area contributed by atoms with Gasteiger partial charge in [0.1, 0.15) is 23.9 Å². The first-order chi connectivity index (χ1) is 13.3. The van der Waals surface area contributed by atoms with Crippen molar-refractivity contribution in [2.45, 2.75) is 13.5 Å². The first-order valence-corrected chi connectivity index (χ1v) is 9.29. The summed E-state index contributed by atoms with van der Waals surface area (Å²) in [6, 6.07) is 7.77. The monoisotopic (exact) mass is 360 g/mol. The molecule has 3 aromatic heterocycles. The van der Waals surface area contributed by atoms with Crippen LogP contribution in [0, 0.1) is 23.2 Å². The molecule has 0 saturated carbocycles. The second-order valence-electron chi connectivity index (χ2n) is 7.22. The van der Waals surface area contributed by atoms with Crippen LogP contribution in [0.25, 0.3) is 11.2 Å². The summed E-state index contributed by atoms with van der Waals surface area (Å²) >= 11 is 0. The third kappa shape index (κ3) is 2.58. The van der Waals surface area contributed by atoms with Crippen molar-refractivity contribution in [1.29, 1.82) is 5.26 Å². The normalized spacial score (nSPS) is 21.6. The third-order valence-corrected chi connectivity index (χ3v) is 5.68. The highest BCUT2D eigenvalue weighted by Gasteiger charge is 2.41. The number of nitrogens with zero attached hydrogens (tertiary/aromatic N) is 8. The number of imidazole rings is 1. The molecule has 2 unspecified atom stereocenters. The van der Waals surface area contributed by atoms with Gasteiger partial charge in [0.2, 0.25) is 0 Å². The molecule has 2 saturated heterocycles. The van der Waals surface area contributed by atoms with Gasteiger partial charge in [-0.2, -0.15) is 5.26 Å². The lowest BCUT2D eigenvalue weighted by Crippen LogP contribution is -2.29. The Morgan fingerprint density at radius 3 is 2.59 bits per heavy atom. The largest absolute Gasteiger partial charge is 0.356 e. The number of aromatic nitrogens is 5. The van der Waals surface area contributed by atoms with E-state index in [1.54, 1.807) is 12.4 Å². The molecule has 2 fully saturated rings. The highest BCUT2D eigenvalue weighted by molar-refractivity contribution is 5.83. The molecule has 0 amide bonds. The van der Waals surface area contributed by atoms with Crippen LogP contribution in [0.5, 0.6) is 0 Å². The Labute approximate surface area is 157 Å². The van der Waals surface area contributed by atoms with Crippen molar-refractivity contribution in [1.82, 2.24) is 24.5 Å². The predicted molar refractivity (Wildman–Crippen MR) is 101 cm³/mol. The number of nitriles is 1. The maximum atomic E-state index is 9.08. The Bertz CT molecular complexity index is 1020. The van der Waals surface area contributed by atoms with E-state index in [-0.39, 0.29) is 0 Å². The summed E-state index contributed by atoms with van der Waals surface area (Å²) in [5.41, 5.74) is 2.26. The lowest BCUT2D eigenvalue weighted by atomic mass is 10.0. The van der Waals surface area contributed by atoms with E-state index in [9.17, 15) is 0 Å². The maximum Gasteiger partial charge on any atom is 0.165 e. The minimum absolute atomic E-state index is 0.473. The van der Waals surface area contributed by atoms with Crippen molar-refractivity contribution in [3.63, 3.8) is 0 Å². The van der Waals surface area contributed by atoms with Gasteiger partial charge in [-0.25, -0.2) is 19.9 Å². The fourth-order valence-electron chi connectivity index (χ4n) is 4.35. The van der Waals surface area contributed by atoms with Crippen LogP contribution in [0.1, 0.15) is 12.6 Å². The number of hydrogen-bond donors (Lipinski definition) is 0. The fourth-order valence-corrected chi connectivity index (χ4v) is 4.35. The van der Waals surface area contributed by atoms with Gasteiger partial charge < -0.3 is 14.4 Å². The smallest absolute Gasteiger partial charge is 0.165 e. The molecule has 27 heavy (non-hydrogen) atoms. The van der Waals surface area contributed by atoms with Gasteiger partial charge in [-0.1, -0.05) is 6.07 Å². The molecule has 0 bridgehead atoms. The molecule has 8 heteroatoms. The molecule has 5 heterocycles. The van der Waals surface area contributed by atoms with E-state index in [0.717, 1.165) is 55.5 Å². The van der Waals surface area contributed by atoms with Crippen molar-refractivity contribution >= 4 is 22.8 Å². The van der Waals surface area contributed by atoms with Crippen molar-refractivity contribution < 1.29 is 0 Å². The van der Waals surface area contributed by atoms with Gasteiger partial charge in [-0.15, -0.1) is 0 Å². The van der Waals surface area contributed by atoms with E-state index in [4.69, 9.17) is 5.26 Å². The summed E-state index contributed by atoms with van der Waals surface area (Å²) in [4.78, 5) is 22.6. The molecule has 0 radical (unpaired) electrons. The first kappa shape index (κ1) is 16.0. The second-order valence-corrected chi connectivity index (χ2v) is 7.22. The van der Waals surface area contributed by atoms with E-state index >= 15 is 0 Å². The van der Waals surface area contributed by atoms with Crippen LogP contribution in [-0.2, 0) is 6.54 Å². The number of aryl methyl sites for hydroxylation is 1. The van der Waals surface area contributed by atoms with Crippen LogP contribution in [0.2, 0.25) is 0 Å². The number of fused-ring (bicyclic) bond motifs is 2. The third-order valence-electron chi connectivity index (χ3n) is 5.68. The average Bonchev–Trinajstić information content (AvgIpc) is 3.40. The number of pyridine rings is 1. The fraction of sp³-hybridized carbons (Fsp3) is 0.421. The van der Waals surface area contributed by atoms with Crippen molar-refractivity contribution in [2.24, 2.45) is 11.8 Å². The molecule has 0 aromatic carbocycles. The highest BCUT2D eigenvalue weighted by Crippen LogP contribution is 2.36. The molecule has 2 atom stereocenters. The molecule has 5 rings (SSSR count). The molecule has 3 aromatic rings. The standard InChI is InChI=1S/C19H20N8/c1-2-25-12-23-17-18(25)21-11-22-19(17)27-9-13-7-26(8-14(13)10-27)16-5-3-4-15(6-20)24-16/h3-5,11-14H,2,7-10H2,1H3. The first-order valence-electron chi connectivity index (χ1n) is 9.29. The molecule has 2 aliphatic rings. The second kappa shape index (κ2) is 6.20. The summed E-state index contributed by atoms with van der Waals surface area (Å²) in [6.45, 7) is 6.78. The number of hydrogen-bond acceptors (Lipinski definition) is 7. The zero-order chi connectivity index (χ0) is 18.4. The number of rotatable bonds is 3. The van der Waals surface area contributed by atoms with Crippen LogP contribution in [0.3, 0.4) is 0 Å². The van der Waals surface area contributed by atoms with Crippen LogP contribution in [0.15, 0.2) is 30.9 Å². The van der Waals surface area contributed by atoms with Crippen molar-refractivity contribution in [3.8, 4) is 6.07 Å². The minimum Gasteiger partial charge on any atom is -0.356 e. The molecule has 2 aliphatic heterocycles. The van der Waals surface area contributed by atoms with E-state index in [0.29, 0.717) is 17.5 Å². The Balaban J connectivity index is 1.36. The zero-order valence-corrected chi connectivity index (χ0v) is 15.2. The highest BCUT2D eigenvalue weighted by atomic mass is 15.3. The summed E-state index contributed by atoms with van der Waals surface area (Å²) in [7, 11) is 0. The van der Waals surface area contributed by atoms with E-state index < -0.39 is 0 Å². The van der Waals surface area contributed by atoms with Crippen molar-refractivity contribution in [3.05, 3.63) is 36.5 Å². The van der Waals surface area contributed by atoms with Gasteiger partial charge in [-0.3, -0.25) is 0 Å². The van der Waals surface area contributed by atoms with Crippen LogP contribution < -0.4 is 9.80 Å². The average molecular weight is 360 g/mol. The Morgan fingerprint density at radius 2 is 1.85 bits per heavy atom. The van der Waals surface area contributed by atoms with E-state index in [1.165, 1.54) is 0 Å². The van der Waals surface area contributed by atoms with Gasteiger partial charge in [0.05, 0.1) is 6.33 Å². The topological polar surface area (TPSA) is 86.8 Å². The molecule has 0 N–H and O–H groups in total. The van der Waals surface area contributed by atoms with E-state index in [2.05, 4.69) is 42.7 Å². The maximum absolute atomic E-state index is 9.08. The van der Waals surface area contributed by atoms with Gasteiger partial charge >= 0.3 is 0 Å². The van der Waals surface area contributed by atoms with Gasteiger partial charge in [0.25, 0.3) is 0 Å². The van der Waals surface area contributed by atoms with Crippen LogP contribution in [-0.4, -0.2) is 50.7 Å². The summed E-state index contributed by atoms with van der Waals surface area (Å²) < 4.78 is 2.05. The zero-order valence-electron chi connectivity index (χ0n) is 15.2. The van der Waals surface area contributed by atoms with Gasteiger partial charge in [0.15, 0.2) is 17.0 Å². The van der Waals surface area contributed by atoms with Gasteiger partial charge in [0, 0.05) is 44.6 Å². The molecular formula is C19H20N8. The molecule has 136 valence electrons. The van der Waals surface area contributed by atoms with Crippen LogP contribution in [0.4, 0.5) is 11.6 Å². The predicted octanol–water partition coefficient (Wildman–Crippen LogP) is 1.69. The Morgan fingerprint density at radius 1 is 1.07 bits per heavy atom. The van der Waals surface area contributed by atoms with Crippen molar-refractivity contribution in [2.75, 3.05) is 36.0 Å².